The largest absolute Gasteiger partial charge is 0.507 e. The predicted molar refractivity (Wildman–Crippen MR) is 145 cm³/mol. The van der Waals surface area contributed by atoms with E-state index in [4.69, 9.17) is 0 Å². The maximum atomic E-state index is 13.5. The molecule has 1 saturated heterocycles. The van der Waals surface area contributed by atoms with Gasteiger partial charge in [-0.1, -0.05) is 50.3 Å². The summed E-state index contributed by atoms with van der Waals surface area (Å²) in [6.07, 6.45) is 3.11. The van der Waals surface area contributed by atoms with Crippen molar-refractivity contribution in [3.05, 3.63) is 98.9 Å². The third-order valence-electron chi connectivity index (χ3n) is 6.58. The molecule has 9 nitrogen and oxygen atoms in total. The molecule has 0 aliphatic carbocycles. The van der Waals surface area contributed by atoms with Crippen molar-refractivity contribution in [2.24, 2.45) is 0 Å². The minimum Gasteiger partial charge on any atom is -0.507 e. The van der Waals surface area contributed by atoms with Crippen LogP contribution in [0.2, 0.25) is 0 Å². The lowest BCUT2D eigenvalue weighted by atomic mass is 9.84. The Morgan fingerprint density at radius 2 is 1.89 bits per heavy atom. The molecule has 1 aliphatic rings. The number of amides is 1. The van der Waals surface area contributed by atoms with Gasteiger partial charge in [0, 0.05) is 30.1 Å². The van der Waals surface area contributed by atoms with Crippen molar-refractivity contribution >= 4 is 49.8 Å². The number of aromatic nitrogens is 2. The fourth-order valence-electron chi connectivity index (χ4n) is 4.49. The van der Waals surface area contributed by atoms with Gasteiger partial charge in [0.1, 0.15) is 5.76 Å². The Hall–Kier alpha value is -4.44. The number of benzene rings is 2. The van der Waals surface area contributed by atoms with E-state index in [2.05, 4.69) is 9.97 Å². The molecular weight excluding hydrogens is 504 g/mol. The average Bonchev–Trinajstić information content (AvgIpc) is 3.41. The van der Waals surface area contributed by atoms with Gasteiger partial charge in [-0.2, -0.15) is 0 Å². The standard InChI is InChI=1S/C28H24N4O5S/c1-15-7-8-17(28(2,3)4)12-19(15)24(33)22-23(16-6-5-11-29-14-16)31(26(35)25(22)34)27-30-20-10-9-18(32(36)37)13-21(20)38-27/h5-14,23,33H,1-4H3/b24-22+. The van der Waals surface area contributed by atoms with Crippen LogP contribution in [0.1, 0.15) is 49.1 Å². The van der Waals surface area contributed by atoms with Gasteiger partial charge in [-0.15, -0.1) is 0 Å². The van der Waals surface area contributed by atoms with Crippen LogP contribution in [0.15, 0.2) is 66.5 Å². The normalized spacial score (nSPS) is 17.4. The number of hydrogen-bond acceptors (Lipinski definition) is 8. The molecule has 1 aliphatic heterocycles. The number of pyridine rings is 1. The molecule has 0 spiro atoms. The molecule has 1 fully saturated rings. The summed E-state index contributed by atoms with van der Waals surface area (Å²) in [7, 11) is 0. The summed E-state index contributed by atoms with van der Waals surface area (Å²) in [5, 5.41) is 23.0. The Morgan fingerprint density at radius 3 is 2.55 bits per heavy atom. The van der Waals surface area contributed by atoms with E-state index in [0.29, 0.717) is 21.3 Å². The second-order valence-electron chi connectivity index (χ2n) is 10.1. The number of non-ortho nitro benzene ring substituents is 1. The molecule has 3 heterocycles. The Balaban J connectivity index is 1.73. The molecule has 0 saturated carbocycles. The number of rotatable bonds is 4. The summed E-state index contributed by atoms with van der Waals surface area (Å²) >= 11 is 1.06. The fraction of sp³-hybridized carbons (Fsp3) is 0.214. The number of nitrogens with zero attached hydrogens (tertiary/aromatic N) is 4. The second kappa shape index (κ2) is 9.14. The number of ketones is 1. The Bertz CT molecular complexity index is 1650. The van der Waals surface area contributed by atoms with Crippen LogP contribution in [0.4, 0.5) is 10.8 Å². The molecule has 4 aromatic rings. The number of aliphatic hydroxyl groups is 1. The quantitative estimate of drug-likeness (QED) is 0.116. The number of Topliss-reactive ketones (excluding diaryl/α,β-unsaturated/α-hetero) is 1. The smallest absolute Gasteiger partial charge is 0.301 e. The summed E-state index contributed by atoms with van der Waals surface area (Å²) in [6.45, 7) is 7.98. The molecule has 1 atom stereocenters. The third-order valence-corrected chi connectivity index (χ3v) is 7.60. The second-order valence-corrected chi connectivity index (χ2v) is 11.1. The van der Waals surface area contributed by atoms with Gasteiger partial charge in [-0.3, -0.25) is 29.6 Å². The molecule has 0 bridgehead atoms. The number of thiazole rings is 1. The van der Waals surface area contributed by atoms with Gasteiger partial charge in [0.05, 0.1) is 26.8 Å². The summed E-state index contributed by atoms with van der Waals surface area (Å²) in [4.78, 5) is 47.6. The van der Waals surface area contributed by atoms with Crippen molar-refractivity contribution < 1.29 is 19.6 Å². The van der Waals surface area contributed by atoms with Crippen LogP contribution < -0.4 is 4.90 Å². The molecule has 5 rings (SSSR count). The van der Waals surface area contributed by atoms with Crippen LogP contribution in [-0.4, -0.2) is 31.7 Å². The zero-order chi connectivity index (χ0) is 27.4. The van der Waals surface area contributed by atoms with Gasteiger partial charge in [-0.05, 0) is 47.2 Å². The number of nitro benzene ring substituents is 1. The van der Waals surface area contributed by atoms with Crippen molar-refractivity contribution in [3.8, 4) is 0 Å². The van der Waals surface area contributed by atoms with E-state index < -0.39 is 22.7 Å². The van der Waals surface area contributed by atoms with E-state index in [-0.39, 0.29) is 27.6 Å². The summed E-state index contributed by atoms with van der Waals surface area (Å²) < 4.78 is 0.495. The van der Waals surface area contributed by atoms with Crippen LogP contribution in [0.3, 0.4) is 0 Å². The number of hydrogen-bond donors (Lipinski definition) is 1. The highest BCUT2D eigenvalue weighted by Gasteiger charge is 2.48. The Labute approximate surface area is 222 Å². The molecule has 38 heavy (non-hydrogen) atoms. The van der Waals surface area contributed by atoms with E-state index in [0.717, 1.165) is 22.5 Å². The maximum Gasteiger partial charge on any atom is 0.301 e. The first-order valence-electron chi connectivity index (χ1n) is 11.8. The number of fused-ring (bicyclic) bond motifs is 1. The average molecular weight is 529 g/mol. The topological polar surface area (TPSA) is 127 Å². The monoisotopic (exact) mass is 528 g/mol. The number of carbonyl (C=O) groups excluding carboxylic acids is 2. The number of carbonyl (C=O) groups is 2. The van der Waals surface area contributed by atoms with E-state index in [1.807, 2.05) is 45.9 Å². The molecule has 2 aromatic heterocycles. The van der Waals surface area contributed by atoms with Gasteiger partial charge < -0.3 is 5.11 Å². The number of anilines is 1. The Kier molecular flexibility index (Phi) is 6.07. The van der Waals surface area contributed by atoms with Crippen molar-refractivity contribution in [2.45, 2.75) is 39.2 Å². The van der Waals surface area contributed by atoms with Crippen molar-refractivity contribution in [1.29, 1.82) is 0 Å². The van der Waals surface area contributed by atoms with Crippen molar-refractivity contribution in [1.82, 2.24) is 9.97 Å². The lowest BCUT2D eigenvalue weighted by Gasteiger charge is -2.23. The highest BCUT2D eigenvalue weighted by atomic mass is 32.1. The molecule has 192 valence electrons. The highest BCUT2D eigenvalue weighted by Crippen LogP contribution is 2.45. The minimum atomic E-state index is -0.989. The first-order valence-corrected chi connectivity index (χ1v) is 12.7. The molecule has 10 heteroatoms. The summed E-state index contributed by atoms with van der Waals surface area (Å²) in [5.41, 5.74) is 2.77. The van der Waals surface area contributed by atoms with Crippen molar-refractivity contribution in [2.75, 3.05) is 4.90 Å². The van der Waals surface area contributed by atoms with Gasteiger partial charge in [0.2, 0.25) is 0 Å². The number of aliphatic hydroxyl groups excluding tert-OH is 1. The van der Waals surface area contributed by atoms with E-state index >= 15 is 0 Å². The molecular formula is C28H24N4O5S. The highest BCUT2D eigenvalue weighted by molar-refractivity contribution is 7.22. The lowest BCUT2D eigenvalue weighted by Crippen LogP contribution is -2.29. The molecule has 1 unspecified atom stereocenters. The zero-order valence-electron chi connectivity index (χ0n) is 21.1. The van der Waals surface area contributed by atoms with Crippen molar-refractivity contribution in [3.63, 3.8) is 0 Å². The van der Waals surface area contributed by atoms with Crippen LogP contribution in [0.5, 0.6) is 0 Å². The molecule has 2 aromatic carbocycles. The number of aryl methyl sites for hydroxylation is 1. The molecule has 1 amide bonds. The Morgan fingerprint density at radius 1 is 1.13 bits per heavy atom. The van der Waals surface area contributed by atoms with Crippen LogP contribution >= 0.6 is 11.3 Å². The minimum absolute atomic E-state index is 0.0672. The number of nitro groups is 1. The third kappa shape index (κ3) is 4.22. The van der Waals surface area contributed by atoms with Gasteiger partial charge in [-0.25, -0.2) is 4.98 Å². The first-order chi connectivity index (χ1) is 18.0. The van der Waals surface area contributed by atoms with Gasteiger partial charge >= 0.3 is 5.91 Å². The van der Waals surface area contributed by atoms with Gasteiger partial charge in [0.15, 0.2) is 5.13 Å². The van der Waals surface area contributed by atoms with E-state index in [9.17, 15) is 24.8 Å². The van der Waals surface area contributed by atoms with E-state index in [1.165, 1.54) is 29.3 Å². The first kappa shape index (κ1) is 25.2. The van der Waals surface area contributed by atoms with Crippen LogP contribution in [-0.2, 0) is 15.0 Å². The lowest BCUT2D eigenvalue weighted by molar-refractivity contribution is -0.384. The molecule has 1 N–H and O–H groups in total. The summed E-state index contributed by atoms with van der Waals surface area (Å²) in [6, 6.07) is 12.3. The van der Waals surface area contributed by atoms with Crippen LogP contribution in [0, 0.1) is 17.0 Å². The molecule has 0 radical (unpaired) electrons. The van der Waals surface area contributed by atoms with Gasteiger partial charge in [0.25, 0.3) is 11.5 Å². The maximum absolute atomic E-state index is 13.5. The fourth-order valence-corrected chi connectivity index (χ4v) is 5.51. The summed E-state index contributed by atoms with van der Waals surface area (Å²) in [5.74, 6) is -1.97. The van der Waals surface area contributed by atoms with Crippen LogP contribution in [0.25, 0.3) is 16.0 Å². The zero-order valence-corrected chi connectivity index (χ0v) is 21.9. The SMILES string of the molecule is Cc1ccc(C(C)(C)C)cc1/C(O)=C1\C(=O)C(=O)N(c2nc3ccc([N+](=O)[O-])cc3s2)C1c1cccnc1. The van der Waals surface area contributed by atoms with E-state index in [1.54, 1.807) is 18.3 Å². The predicted octanol–water partition coefficient (Wildman–Crippen LogP) is 5.83.